The van der Waals surface area contributed by atoms with Crippen molar-refractivity contribution >= 4 is 15.9 Å². The van der Waals surface area contributed by atoms with Gasteiger partial charge < -0.3 is 15.6 Å². The van der Waals surface area contributed by atoms with Crippen molar-refractivity contribution in [3.8, 4) is 5.75 Å². The van der Waals surface area contributed by atoms with Gasteiger partial charge in [-0.1, -0.05) is 0 Å². The molecule has 1 atom stereocenters. The zero-order valence-electron chi connectivity index (χ0n) is 7.63. The van der Waals surface area contributed by atoms with Gasteiger partial charge in [0, 0.05) is 18.2 Å². The van der Waals surface area contributed by atoms with Gasteiger partial charge in [-0.25, -0.2) is 4.39 Å². The second-order valence-electron chi connectivity index (χ2n) is 2.76. The summed E-state index contributed by atoms with van der Waals surface area (Å²) in [7, 11) is 1.41. The number of halogens is 2. The summed E-state index contributed by atoms with van der Waals surface area (Å²) in [6.07, 6.45) is -0.846. The van der Waals surface area contributed by atoms with Crippen LogP contribution in [0.25, 0.3) is 0 Å². The highest BCUT2D eigenvalue weighted by atomic mass is 79.9. The lowest BCUT2D eigenvalue weighted by Gasteiger charge is -2.13. The van der Waals surface area contributed by atoms with E-state index in [0.717, 1.165) is 0 Å². The van der Waals surface area contributed by atoms with E-state index in [1.165, 1.54) is 19.2 Å². The summed E-state index contributed by atoms with van der Waals surface area (Å²) in [6.45, 7) is 0.0639. The molecule has 0 fully saturated rings. The molecule has 14 heavy (non-hydrogen) atoms. The fraction of sp³-hybridized carbons (Fsp3) is 0.333. The SMILES string of the molecule is COc1cc(F)c(Br)cc1C(O)CN. The largest absolute Gasteiger partial charge is 0.496 e. The summed E-state index contributed by atoms with van der Waals surface area (Å²) < 4.78 is 18.3. The van der Waals surface area contributed by atoms with Crippen LogP contribution in [0.5, 0.6) is 5.75 Å². The first-order valence-corrected chi connectivity index (χ1v) is 4.80. The van der Waals surface area contributed by atoms with Crippen molar-refractivity contribution < 1.29 is 14.2 Å². The Morgan fingerprint density at radius 1 is 1.64 bits per heavy atom. The average Bonchev–Trinajstić information content (AvgIpc) is 2.20. The first kappa shape index (κ1) is 11.4. The van der Waals surface area contributed by atoms with Crippen molar-refractivity contribution in [2.45, 2.75) is 6.10 Å². The Morgan fingerprint density at radius 3 is 2.79 bits per heavy atom. The quantitative estimate of drug-likeness (QED) is 0.871. The molecule has 1 rings (SSSR count). The minimum absolute atomic E-state index is 0.0639. The van der Waals surface area contributed by atoms with E-state index in [1.54, 1.807) is 0 Å². The summed E-state index contributed by atoms with van der Waals surface area (Å²) in [5.74, 6) is -0.140. The molecule has 1 unspecified atom stereocenters. The molecule has 0 radical (unpaired) electrons. The normalized spacial score (nSPS) is 12.6. The predicted octanol–water partition coefficient (Wildman–Crippen LogP) is 1.59. The molecule has 0 amide bonds. The number of rotatable bonds is 3. The van der Waals surface area contributed by atoms with Gasteiger partial charge in [0.25, 0.3) is 0 Å². The number of ether oxygens (including phenoxy) is 1. The van der Waals surface area contributed by atoms with Crippen molar-refractivity contribution in [3.63, 3.8) is 0 Å². The van der Waals surface area contributed by atoms with Crippen molar-refractivity contribution in [3.05, 3.63) is 28.0 Å². The fourth-order valence-electron chi connectivity index (χ4n) is 1.11. The Morgan fingerprint density at radius 2 is 2.29 bits per heavy atom. The number of nitrogens with two attached hydrogens (primary N) is 1. The zero-order valence-corrected chi connectivity index (χ0v) is 9.21. The van der Waals surface area contributed by atoms with E-state index in [9.17, 15) is 9.50 Å². The molecule has 0 aliphatic heterocycles. The maximum Gasteiger partial charge on any atom is 0.141 e. The lowest BCUT2D eigenvalue weighted by Crippen LogP contribution is -2.12. The maximum atomic E-state index is 13.1. The number of aliphatic hydroxyl groups excluding tert-OH is 1. The highest BCUT2D eigenvalue weighted by Crippen LogP contribution is 2.30. The predicted molar refractivity (Wildman–Crippen MR) is 54.7 cm³/mol. The fourth-order valence-corrected chi connectivity index (χ4v) is 1.47. The summed E-state index contributed by atoms with van der Waals surface area (Å²) in [4.78, 5) is 0. The summed E-state index contributed by atoms with van der Waals surface area (Å²) >= 11 is 3.02. The van der Waals surface area contributed by atoms with Crippen molar-refractivity contribution in [1.82, 2.24) is 0 Å². The molecule has 1 aromatic rings. The number of hydrogen-bond donors (Lipinski definition) is 2. The van der Waals surface area contributed by atoms with Crippen LogP contribution >= 0.6 is 15.9 Å². The van der Waals surface area contributed by atoms with Gasteiger partial charge in [-0.2, -0.15) is 0 Å². The van der Waals surface area contributed by atoms with E-state index in [4.69, 9.17) is 10.5 Å². The Labute approximate surface area is 89.8 Å². The Balaban J connectivity index is 3.19. The molecule has 0 aliphatic rings. The summed E-state index contributed by atoms with van der Waals surface area (Å²) in [6, 6.07) is 2.67. The second-order valence-corrected chi connectivity index (χ2v) is 3.61. The minimum Gasteiger partial charge on any atom is -0.496 e. The highest BCUT2D eigenvalue weighted by molar-refractivity contribution is 9.10. The number of benzene rings is 1. The van der Waals surface area contributed by atoms with Crippen LogP contribution < -0.4 is 10.5 Å². The third-order valence-corrected chi connectivity index (χ3v) is 2.46. The van der Waals surface area contributed by atoms with Gasteiger partial charge in [0.2, 0.25) is 0 Å². The van der Waals surface area contributed by atoms with Crippen LogP contribution in [0.4, 0.5) is 4.39 Å². The van der Waals surface area contributed by atoms with E-state index in [-0.39, 0.29) is 11.0 Å². The van der Waals surface area contributed by atoms with Crippen LogP contribution in [0, 0.1) is 5.82 Å². The van der Waals surface area contributed by atoms with Gasteiger partial charge in [-0.3, -0.25) is 0 Å². The van der Waals surface area contributed by atoms with E-state index < -0.39 is 11.9 Å². The molecule has 0 saturated heterocycles. The molecule has 0 aromatic heterocycles. The van der Waals surface area contributed by atoms with E-state index >= 15 is 0 Å². The van der Waals surface area contributed by atoms with Crippen LogP contribution in [-0.2, 0) is 0 Å². The highest BCUT2D eigenvalue weighted by Gasteiger charge is 2.14. The van der Waals surface area contributed by atoms with Crippen molar-refractivity contribution in [2.24, 2.45) is 5.73 Å². The zero-order chi connectivity index (χ0) is 10.7. The topological polar surface area (TPSA) is 55.5 Å². The van der Waals surface area contributed by atoms with Gasteiger partial charge in [-0.05, 0) is 22.0 Å². The molecular formula is C9H11BrFNO2. The first-order chi connectivity index (χ1) is 6.60. The summed E-state index contributed by atoms with van der Waals surface area (Å²) in [5.41, 5.74) is 5.78. The van der Waals surface area contributed by atoms with Crippen molar-refractivity contribution in [1.29, 1.82) is 0 Å². The smallest absolute Gasteiger partial charge is 0.141 e. The molecule has 3 nitrogen and oxygen atoms in total. The molecule has 78 valence electrons. The molecule has 0 aliphatic carbocycles. The monoisotopic (exact) mass is 263 g/mol. The van der Waals surface area contributed by atoms with E-state index in [0.29, 0.717) is 11.3 Å². The minimum atomic E-state index is -0.846. The van der Waals surface area contributed by atoms with Gasteiger partial charge >= 0.3 is 0 Å². The molecule has 1 aromatic carbocycles. The molecule has 0 saturated carbocycles. The number of aliphatic hydroxyl groups is 1. The van der Waals surface area contributed by atoms with E-state index in [1.807, 2.05) is 0 Å². The van der Waals surface area contributed by atoms with Crippen LogP contribution in [0.1, 0.15) is 11.7 Å². The van der Waals surface area contributed by atoms with Gasteiger partial charge in [-0.15, -0.1) is 0 Å². The lowest BCUT2D eigenvalue weighted by molar-refractivity contribution is 0.182. The van der Waals surface area contributed by atoms with Crippen LogP contribution in [-0.4, -0.2) is 18.8 Å². The standard InChI is InChI=1S/C9H11BrFNO2/c1-14-9-3-7(11)6(10)2-5(9)8(13)4-12/h2-3,8,13H,4,12H2,1H3. The molecular weight excluding hydrogens is 253 g/mol. The second kappa shape index (κ2) is 4.72. The van der Waals surface area contributed by atoms with Gasteiger partial charge in [0.1, 0.15) is 11.6 Å². The lowest BCUT2D eigenvalue weighted by atomic mass is 10.1. The number of hydrogen-bond acceptors (Lipinski definition) is 3. The van der Waals surface area contributed by atoms with Gasteiger partial charge in [0.15, 0.2) is 0 Å². The summed E-state index contributed by atoms with van der Waals surface area (Å²) in [5, 5.41) is 9.51. The van der Waals surface area contributed by atoms with Crippen molar-refractivity contribution in [2.75, 3.05) is 13.7 Å². The molecule has 0 bridgehead atoms. The molecule has 5 heteroatoms. The Bertz CT molecular complexity index is 333. The third kappa shape index (κ3) is 2.23. The van der Waals surface area contributed by atoms with Crippen LogP contribution in [0.15, 0.2) is 16.6 Å². The van der Waals surface area contributed by atoms with Crippen LogP contribution in [0.3, 0.4) is 0 Å². The number of methoxy groups -OCH3 is 1. The van der Waals surface area contributed by atoms with Gasteiger partial charge in [0.05, 0.1) is 17.7 Å². The average molecular weight is 264 g/mol. The van der Waals surface area contributed by atoms with Crippen LogP contribution in [0.2, 0.25) is 0 Å². The molecule has 0 heterocycles. The van der Waals surface area contributed by atoms with E-state index in [2.05, 4.69) is 15.9 Å². The molecule has 0 spiro atoms. The first-order valence-electron chi connectivity index (χ1n) is 4.01. The third-order valence-electron chi connectivity index (χ3n) is 1.85. The Kier molecular flexibility index (Phi) is 3.86. The molecule has 3 N–H and O–H groups in total. The Hall–Kier alpha value is -0.650. The maximum absolute atomic E-state index is 13.1.